The molecule has 0 unspecified atom stereocenters. The van der Waals surface area contributed by atoms with E-state index in [0.717, 1.165) is 30.8 Å². The third-order valence-corrected chi connectivity index (χ3v) is 4.63. The van der Waals surface area contributed by atoms with Crippen molar-refractivity contribution in [1.82, 2.24) is 25.1 Å². The summed E-state index contributed by atoms with van der Waals surface area (Å²) < 4.78 is 13.1. The largest absolute Gasteiger partial charge is 0.338 e. The van der Waals surface area contributed by atoms with Crippen LogP contribution in [0.2, 0.25) is 0 Å². The predicted molar refractivity (Wildman–Crippen MR) is 93.9 cm³/mol. The van der Waals surface area contributed by atoms with E-state index in [2.05, 4.69) is 20.2 Å². The molecule has 0 saturated carbocycles. The molecule has 3 heterocycles. The van der Waals surface area contributed by atoms with Crippen molar-refractivity contribution in [3.63, 3.8) is 0 Å². The van der Waals surface area contributed by atoms with Crippen LogP contribution in [0, 0.1) is 5.82 Å². The quantitative estimate of drug-likeness (QED) is 0.787. The fourth-order valence-electron chi connectivity index (χ4n) is 3.25. The summed E-state index contributed by atoms with van der Waals surface area (Å²) >= 11 is 0. The van der Waals surface area contributed by atoms with Crippen LogP contribution in [0.5, 0.6) is 0 Å². The minimum absolute atomic E-state index is 0.00960. The third kappa shape index (κ3) is 3.33. The van der Waals surface area contributed by atoms with E-state index in [1.54, 1.807) is 36.7 Å². The molecule has 1 saturated heterocycles. The minimum Gasteiger partial charge on any atom is -0.338 e. The van der Waals surface area contributed by atoms with Crippen LogP contribution in [0.4, 0.5) is 4.39 Å². The van der Waals surface area contributed by atoms with Gasteiger partial charge in [-0.15, -0.1) is 0 Å². The van der Waals surface area contributed by atoms with Gasteiger partial charge in [-0.1, -0.05) is 0 Å². The number of carbonyl (C=O) groups excluding carboxylic acids is 1. The lowest BCUT2D eigenvalue weighted by Crippen LogP contribution is -2.39. The Kier molecular flexibility index (Phi) is 4.43. The number of carbonyl (C=O) groups is 1. The fraction of sp³-hybridized carbons (Fsp3) is 0.263. The molecule has 0 radical (unpaired) electrons. The summed E-state index contributed by atoms with van der Waals surface area (Å²) in [4.78, 5) is 23.0. The molecule has 7 heteroatoms. The van der Waals surface area contributed by atoms with Crippen LogP contribution in [0.25, 0.3) is 11.4 Å². The zero-order valence-corrected chi connectivity index (χ0v) is 14.1. The number of aromatic amines is 1. The van der Waals surface area contributed by atoms with E-state index in [-0.39, 0.29) is 17.6 Å². The lowest BCUT2D eigenvalue weighted by molar-refractivity contribution is 0.0704. The van der Waals surface area contributed by atoms with Gasteiger partial charge in [0.05, 0.1) is 0 Å². The molecule has 1 amide bonds. The zero-order valence-electron chi connectivity index (χ0n) is 14.1. The highest BCUT2D eigenvalue weighted by Gasteiger charge is 2.27. The maximum Gasteiger partial charge on any atom is 0.253 e. The first-order chi connectivity index (χ1) is 12.7. The molecule has 1 atom stereocenters. The third-order valence-electron chi connectivity index (χ3n) is 4.63. The van der Waals surface area contributed by atoms with Crippen molar-refractivity contribution in [2.45, 2.75) is 18.8 Å². The molecule has 0 aliphatic carbocycles. The van der Waals surface area contributed by atoms with Crippen molar-refractivity contribution in [2.75, 3.05) is 13.1 Å². The molecule has 132 valence electrons. The van der Waals surface area contributed by atoms with E-state index in [4.69, 9.17) is 0 Å². The molecule has 0 bridgehead atoms. The second-order valence-electron chi connectivity index (χ2n) is 6.38. The van der Waals surface area contributed by atoms with Crippen LogP contribution in [0.15, 0.2) is 48.8 Å². The molecular formula is C19H18FN5O. The van der Waals surface area contributed by atoms with Crippen LogP contribution in [0.3, 0.4) is 0 Å². The maximum absolute atomic E-state index is 13.1. The first kappa shape index (κ1) is 16.4. The van der Waals surface area contributed by atoms with Gasteiger partial charge in [-0.05, 0) is 49.2 Å². The Bertz CT molecular complexity index is 894. The first-order valence-electron chi connectivity index (χ1n) is 8.58. The van der Waals surface area contributed by atoms with Crippen LogP contribution < -0.4 is 0 Å². The van der Waals surface area contributed by atoms with Crippen LogP contribution in [-0.4, -0.2) is 44.1 Å². The summed E-state index contributed by atoms with van der Waals surface area (Å²) in [6.45, 7) is 1.33. The number of pyridine rings is 1. The summed E-state index contributed by atoms with van der Waals surface area (Å²) in [6, 6.07) is 9.55. The molecule has 26 heavy (non-hydrogen) atoms. The van der Waals surface area contributed by atoms with E-state index < -0.39 is 0 Å². The molecule has 4 rings (SSSR count). The van der Waals surface area contributed by atoms with E-state index in [9.17, 15) is 9.18 Å². The number of halogens is 1. The van der Waals surface area contributed by atoms with Crippen molar-refractivity contribution < 1.29 is 9.18 Å². The van der Waals surface area contributed by atoms with E-state index >= 15 is 0 Å². The van der Waals surface area contributed by atoms with Crippen molar-refractivity contribution in [1.29, 1.82) is 0 Å². The number of hydrogen-bond donors (Lipinski definition) is 1. The minimum atomic E-state index is -0.290. The number of amides is 1. The Morgan fingerprint density at radius 3 is 2.69 bits per heavy atom. The average molecular weight is 351 g/mol. The average Bonchev–Trinajstić information content (AvgIpc) is 3.19. The summed E-state index contributed by atoms with van der Waals surface area (Å²) in [5.74, 6) is 1.13. The number of aromatic nitrogens is 4. The first-order valence-corrected chi connectivity index (χ1v) is 8.58. The normalized spacial score (nSPS) is 17.3. The Hall–Kier alpha value is -3.09. The van der Waals surface area contributed by atoms with Gasteiger partial charge in [0.2, 0.25) is 0 Å². The number of H-pyrrole nitrogens is 1. The summed E-state index contributed by atoms with van der Waals surface area (Å²) in [6.07, 6.45) is 5.10. The fourth-order valence-corrected chi connectivity index (χ4v) is 3.25. The van der Waals surface area contributed by atoms with Gasteiger partial charge in [0.25, 0.3) is 5.91 Å². The number of nitrogens with zero attached hydrogens (tertiary/aromatic N) is 4. The Balaban J connectivity index is 1.50. The molecule has 1 aromatic carbocycles. The molecule has 2 aromatic heterocycles. The number of piperidine rings is 1. The molecule has 3 aromatic rings. The summed E-state index contributed by atoms with van der Waals surface area (Å²) in [5, 5.41) is 7.23. The van der Waals surface area contributed by atoms with Gasteiger partial charge < -0.3 is 4.90 Å². The lowest BCUT2D eigenvalue weighted by atomic mass is 9.97. The Morgan fingerprint density at radius 1 is 1.15 bits per heavy atom. The van der Waals surface area contributed by atoms with Gasteiger partial charge in [-0.3, -0.25) is 14.9 Å². The zero-order chi connectivity index (χ0) is 17.9. The SMILES string of the molecule is O=C(c1ccncc1)N1CCC[C@@H](c2nc(-c3ccc(F)cc3)n[nH]2)C1. The van der Waals surface area contributed by atoms with Crippen molar-refractivity contribution in [3.05, 3.63) is 66.0 Å². The molecule has 0 spiro atoms. The highest BCUT2D eigenvalue weighted by molar-refractivity contribution is 5.94. The second-order valence-corrected chi connectivity index (χ2v) is 6.38. The Labute approximate surface area is 150 Å². The van der Waals surface area contributed by atoms with E-state index in [0.29, 0.717) is 17.9 Å². The predicted octanol–water partition coefficient (Wildman–Crippen LogP) is 3.03. The topological polar surface area (TPSA) is 74.8 Å². The molecule has 6 nitrogen and oxygen atoms in total. The van der Waals surface area contributed by atoms with Crippen LogP contribution >= 0.6 is 0 Å². The number of likely N-dealkylation sites (tertiary alicyclic amines) is 1. The van der Waals surface area contributed by atoms with Crippen molar-refractivity contribution in [3.8, 4) is 11.4 Å². The van der Waals surface area contributed by atoms with Gasteiger partial charge in [-0.2, -0.15) is 5.10 Å². The number of hydrogen-bond acceptors (Lipinski definition) is 4. The second kappa shape index (κ2) is 7.03. The molecule has 1 aliphatic heterocycles. The van der Waals surface area contributed by atoms with E-state index in [1.807, 2.05) is 4.90 Å². The molecule has 1 N–H and O–H groups in total. The van der Waals surface area contributed by atoms with Gasteiger partial charge in [0.1, 0.15) is 11.6 Å². The lowest BCUT2D eigenvalue weighted by Gasteiger charge is -2.31. The molecular weight excluding hydrogens is 333 g/mol. The summed E-state index contributed by atoms with van der Waals surface area (Å²) in [7, 11) is 0. The molecule has 1 fully saturated rings. The van der Waals surface area contributed by atoms with Gasteiger partial charge in [0, 0.05) is 42.5 Å². The standard InChI is InChI=1S/C19H18FN5O/c20-16-5-3-13(4-6-16)17-22-18(24-23-17)15-2-1-11-25(12-15)19(26)14-7-9-21-10-8-14/h3-10,15H,1-2,11-12H2,(H,22,23,24)/t15-/m1/s1. The number of nitrogens with one attached hydrogen (secondary N) is 1. The number of benzene rings is 1. The summed E-state index contributed by atoms with van der Waals surface area (Å²) in [5.41, 5.74) is 1.40. The van der Waals surface area contributed by atoms with Gasteiger partial charge in [-0.25, -0.2) is 9.37 Å². The van der Waals surface area contributed by atoms with Crippen LogP contribution in [0.1, 0.15) is 34.9 Å². The number of rotatable bonds is 3. The maximum atomic E-state index is 13.1. The Morgan fingerprint density at radius 2 is 1.92 bits per heavy atom. The molecule has 1 aliphatic rings. The van der Waals surface area contributed by atoms with Gasteiger partial charge in [0.15, 0.2) is 5.82 Å². The highest BCUT2D eigenvalue weighted by atomic mass is 19.1. The van der Waals surface area contributed by atoms with Crippen LogP contribution in [-0.2, 0) is 0 Å². The van der Waals surface area contributed by atoms with Crippen molar-refractivity contribution >= 4 is 5.91 Å². The van der Waals surface area contributed by atoms with Crippen molar-refractivity contribution in [2.24, 2.45) is 0 Å². The highest BCUT2D eigenvalue weighted by Crippen LogP contribution is 2.27. The smallest absolute Gasteiger partial charge is 0.253 e. The van der Waals surface area contributed by atoms with E-state index in [1.165, 1.54) is 12.1 Å². The van der Waals surface area contributed by atoms with Gasteiger partial charge >= 0.3 is 0 Å². The monoisotopic (exact) mass is 351 g/mol.